The summed E-state index contributed by atoms with van der Waals surface area (Å²) < 4.78 is 11.5. The zero-order valence-electron chi connectivity index (χ0n) is 10.5. The minimum atomic E-state index is -1.29. The molecule has 18 heavy (non-hydrogen) atoms. The highest BCUT2D eigenvalue weighted by molar-refractivity contribution is 5.89. The van der Waals surface area contributed by atoms with Gasteiger partial charge in [0.1, 0.15) is 5.75 Å². The second-order valence-electron chi connectivity index (χ2n) is 3.95. The summed E-state index contributed by atoms with van der Waals surface area (Å²) in [5.41, 5.74) is 1.36. The molecule has 0 spiro atoms. The lowest BCUT2D eigenvalue weighted by atomic mass is 10.2. The lowest BCUT2D eigenvalue weighted by Gasteiger charge is -2.09. The lowest BCUT2D eigenvalue weighted by Crippen LogP contribution is -2.16. The number of aliphatic hydroxyl groups is 1. The molecule has 2 rings (SSSR count). The highest BCUT2D eigenvalue weighted by Gasteiger charge is 2.23. The van der Waals surface area contributed by atoms with E-state index in [1.165, 1.54) is 7.11 Å². The monoisotopic (exact) mass is 249 g/mol. The molecule has 1 aromatic heterocycles. The minimum absolute atomic E-state index is 0.473. The van der Waals surface area contributed by atoms with Crippen molar-refractivity contribution in [1.82, 2.24) is 4.57 Å². The van der Waals surface area contributed by atoms with Crippen molar-refractivity contribution < 1.29 is 19.4 Å². The van der Waals surface area contributed by atoms with E-state index in [-0.39, 0.29) is 0 Å². The van der Waals surface area contributed by atoms with E-state index in [1.807, 2.05) is 18.2 Å². The highest BCUT2D eigenvalue weighted by Crippen LogP contribution is 2.30. The molecule has 0 aliphatic heterocycles. The third-order valence-electron chi connectivity index (χ3n) is 3.01. The predicted octanol–water partition coefficient (Wildman–Crippen LogP) is 1.39. The van der Waals surface area contributed by atoms with Crippen molar-refractivity contribution in [2.75, 3.05) is 14.2 Å². The standard InChI is InChI=1S/C13H15NO4/c1-14-9-5-4-6-11(17-2)8(9)7-10(14)12(15)13(16)18-3/h4-7,12,15H,1-3H3. The molecule has 0 aliphatic rings. The Morgan fingerprint density at radius 1 is 1.39 bits per heavy atom. The van der Waals surface area contributed by atoms with Gasteiger partial charge in [-0.3, -0.25) is 0 Å². The first-order valence-electron chi connectivity index (χ1n) is 5.48. The Balaban J connectivity index is 2.60. The van der Waals surface area contributed by atoms with Crippen molar-refractivity contribution in [3.05, 3.63) is 30.0 Å². The molecule has 1 heterocycles. The van der Waals surface area contributed by atoms with Crippen LogP contribution in [0.3, 0.4) is 0 Å². The fraction of sp³-hybridized carbons (Fsp3) is 0.308. The van der Waals surface area contributed by atoms with Crippen molar-refractivity contribution in [3.63, 3.8) is 0 Å². The molecule has 1 atom stereocenters. The zero-order chi connectivity index (χ0) is 13.3. The maximum Gasteiger partial charge on any atom is 0.340 e. The van der Waals surface area contributed by atoms with Crippen LogP contribution in [0.5, 0.6) is 5.75 Å². The first-order valence-corrected chi connectivity index (χ1v) is 5.48. The van der Waals surface area contributed by atoms with Crippen LogP contribution in [0.25, 0.3) is 10.9 Å². The van der Waals surface area contributed by atoms with Gasteiger partial charge >= 0.3 is 5.97 Å². The van der Waals surface area contributed by atoms with Crippen LogP contribution in [-0.2, 0) is 16.6 Å². The van der Waals surface area contributed by atoms with Crippen molar-refractivity contribution in [3.8, 4) is 5.75 Å². The molecular formula is C13H15NO4. The maximum absolute atomic E-state index is 11.4. The number of carbonyl (C=O) groups is 1. The molecule has 1 unspecified atom stereocenters. The van der Waals surface area contributed by atoms with Crippen LogP contribution < -0.4 is 4.74 Å². The Morgan fingerprint density at radius 2 is 2.11 bits per heavy atom. The summed E-state index contributed by atoms with van der Waals surface area (Å²) in [4.78, 5) is 11.4. The number of hydrogen-bond donors (Lipinski definition) is 1. The van der Waals surface area contributed by atoms with Gasteiger partial charge in [-0.2, -0.15) is 0 Å². The fourth-order valence-electron chi connectivity index (χ4n) is 2.03. The fourth-order valence-corrected chi connectivity index (χ4v) is 2.03. The normalized spacial score (nSPS) is 12.4. The largest absolute Gasteiger partial charge is 0.496 e. The van der Waals surface area contributed by atoms with E-state index in [2.05, 4.69) is 4.74 Å². The smallest absolute Gasteiger partial charge is 0.340 e. The van der Waals surface area contributed by atoms with Crippen LogP contribution in [-0.4, -0.2) is 29.9 Å². The number of aryl methyl sites for hydroxylation is 1. The Morgan fingerprint density at radius 3 is 2.72 bits per heavy atom. The number of nitrogens with zero attached hydrogens (tertiary/aromatic N) is 1. The summed E-state index contributed by atoms with van der Waals surface area (Å²) in [6, 6.07) is 7.31. The Hall–Kier alpha value is -2.01. The molecule has 0 saturated heterocycles. The summed E-state index contributed by atoms with van der Waals surface area (Å²) in [7, 11) is 4.61. The molecule has 1 aromatic carbocycles. The quantitative estimate of drug-likeness (QED) is 0.835. The van der Waals surface area contributed by atoms with Crippen LogP contribution in [0.1, 0.15) is 11.8 Å². The van der Waals surface area contributed by atoms with Gasteiger partial charge in [0, 0.05) is 12.4 Å². The molecule has 0 radical (unpaired) electrons. The number of methoxy groups -OCH3 is 2. The molecule has 0 fully saturated rings. The van der Waals surface area contributed by atoms with Gasteiger partial charge in [-0.1, -0.05) is 6.07 Å². The Kier molecular flexibility index (Phi) is 3.25. The third-order valence-corrected chi connectivity index (χ3v) is 3.01. The van der Waals surface area contributed by atoms with E-state index in [1.54, 1.807) is 24.8 Å². The van der Waals surface area contributed by atoms with Gasteiger partial charge in [0.2, 0.25) is 0 Å². The SMILES string of the molecule is COC(=O)C(O)c1cc2c(OC)cccc2n1C. The number of benzene rings is 1. The third kappa shape index (κ3) is 1.82. The van der Waals surface area contributed by atoms with Gasteiger partial charge < -0.3 is 19.1 Å². The molecule has 0 saturated carbocycles. The summed E-state index contributed by atoms with van der Waals surface area (Å²) in [5, 5.41) is 10.7. The van der Waals surface area contributed by atoms with E-state index in [4.69, 9.17) is 4.74 Å². The maximum atomic E-state index is 11.4. The van der Waals surface area contributed by atoms with Crippen molar-refractivity contribution in [2.24, 2.45) is 7.05 Å². The second-order valence-corrected chi connectivity index (χ2v) is 3.95. The van der Waals surface area contributed by atoms with Crippen LogP contribution in [0, 0.1) is 0 Å². The number of aromatic nitrogens is 1. The number of rotatable bonds is 3. The van der Waals surface area contributed by atoms with Gasteiger partial charge in [0.25, 0.3) is 0 Å². The molecule has 0 aliphatic carbocycles. The number of ether oxygens (including phenoxy) is 2. The number of hydrogen-bond acceptors (Lipinski definition) is 4. The topological polar surface area (TPSA) is 60.7 Å². The van der Waals surface area contributed by atoms with Crippen LogP contribution in [0.2, 0.25) is 0 Å². The van der Waals surface area contributed by atoms with Crippen LogP contribution in [0.4, 0.5) is 0 Å². The second kappa shape index (κ2) is 4.70. The summed E-state index contributed by atoms with van der Waals surface area (Å²) >= 11 is 0. The summed E-state index contributed by atoms with van der Waals surface area (Å²) in [6.07, 6.45) is -1.29. The van der Waals surface area contributed by atoms with E-state index >= 15 is 0 Å². The Bertz CT molecular complexity index is 588. The molecule has 1 N–H and O–H groups in total. The number of carbonyl (C=O) groups excluding carboxylic acids is 1. The summed E-state index contributed by atoms with van der Waals surface area (Å²) in [5.74, 6) is 0.0197. The average Bonchev–Trinajstić information content (AvgIpc) is 2.74. The first kappa shape index (κ1) is 12.4. The van der Waals surface area contributed by atoms with E-state index in [0.29, 0.717) is 11.4 Å². The van der Waals surface area contributed by atoms with Crippen molar-refractivity contribution in [1.29, 1.82) is 0 Å². The zero-order valence-corrected chi connectivity index (χ0v) is 10.5. The van der Waals surface area contributed by atoms with Gasteiger partial charge in [-0.05, 0) is 18.2 Å². The van der Waals surface area contributed by atoms with E-state index < -0.39 is 12.1 Å². The van der Waals surface area contributed by atoms with Gasteiger partial charge in [-0.15, -0.1) is 0 Å². The van der Waals surface area contributed by atoms with E-state index in [9.17, 15) is 9.90 Å². The van der Waals surface area contributed by atoms with E-state index in [0.717, 1.165) is 10.9 Å². The van der Waals surface area contributed by atoms with Gasteiger partial charge in [0.15, 0.2) is 6.10 Å². The molecule has 0 amide bonds. The molecule has 2 aromatic rings. The van der Waals surface area contributed by atoms with Gasteiger partial charge in [0.05, 0.1) is 25.4 Å². The first-order chi connectivity index (χ1) is 8.60. The minimum Gasteiger partial charge on any atom is -0.496 e. The molecule has 5 heteroatoms. The number of fused-ring (bicyclic) bond motifs is 1. The Labute approximate surface area is 105 Å². The average molecular weight is 249 g/mol. The molecule has 5 nitrogen and oxygen atoms in total. The molecular weight excluding hydrogens is 234 g/mol. The van der Waals surface area contributed by atoms with Crippen LogP contribution >= 0.6 is 0 Å². The highest BCUT2D eigenvalue weighted by atomic mass is 16.5. The van der Waals surface area contributed by atoms with Gasteiger partial charge in [-0.25, -0.2) is 4.79 Å². The predicted molar refractivity (Wildman–Crippen MR) is 66.4 cm³/mol. The lowest BCUT2D eigenvalue weighted by molar-refractivity contribution is -0.151. The van der Waals surface area contributed by atoms with Crippen molar-refractivity contribution in [2.45, 2.75) is 6.10 Å². The van der Waals surface area contributed by atoms with Crippen LogP contribution in [0.15, 0.2) is 24.3 Å². The number of esters is 1. The molecule has 96 valence electrons. The van der Waals surface area contributed by atoms with Crippen molar-refractivity contribution >= 4 is 16.9 Å². The molecule has 0 bridgehead atoms. The number of aliphatic hydroxyl groups excluding tert-OH is 1. The summed E-state index contributed by atoms with van der Waals surface area (Å²) in [6.45, 7) is 0.